The van der Waals surface area contributed by atoms with Crippen LogP contribution in [0.1, 0.15) is 56.6 Å². The van der Waals surface area contributed by atoms with Crippen LogP contribution in [-0.2, 0) is 0 Å². The molecule has 0 aliphatic heterocycles. The Kier molecular flexibility index (Phi) is 7.36. The van der Waals surface area contributed by atoms with E-state index >= 15 is 0 Å². The second kappa shape index (κ2) is 9.78. The summed E-state index contributed by atoms with van der Waals surface area (Å²) in [5, 5.41) is 9.52. The van der Waals surface area contributed by atoms with Crippen LogP contribution in [0.4, 0.5) is 0 Å². The van der Waals surface area contributed by atoms with E-state index < -0.39 is 0 Å². The summed E-state index contributed by atoms with van der Waals surface area (Å²) >= 11 is 0. The second-order valence-corrected chi connectivity index (χ2v) is 6.26. The predicted octanol–water partition coefficient (Wildman–Crippen LogP) is 6.27. The van der Waals surface area contributed by atoms with Crippen molar-refractivity contribution in [1.82, 2.24) is 0 Å². The molecule has 0 fully saturated rings. The third-order valence-corrected chi connectivity index (χ3v) is 4.26. The van der Waals surface area contributed by atoms with Gasteiger partial charge in [-0.1, -0.05) is 69.4 Å². The SMILES string of the molecule is CCCCCCCCOc1cc(C)c(-c2ccccc2)c(C#N)c1. The molecule has 0 radical (unpaired) electrons. The molecule has 0 amide bonds. The molecule has 0 saturated heterocycles. The van der Waals surface area contributed by atoms with Crippen LogP contribution in [-0.4, -0.2) is 6.61 Å². The fourth-order valence-corrected chi connectivity index (χ4v) is 2.99. The van der Waals surface area contributed by atoms with Crippen LogP contribution in [0.2, 0.25) is 0 Å². The van der Waals surface area contributed by atoms with Crippen molar-refractivity contribution in [3.05, 3.63) is 53.6 Å². The summed E-state index contributed by atoms with van der Waals surface area (Å²) in [5.74, 6) is 0.803. The highest BCUT2D eigenvalue weighted by molar-refractivity contribution is 5.74. The number of nitrogens with zero attached hydrogens (tertiary/aromatic N) is 1. The van der Waals surface area contributed by atoms with E-state index in [2.05, 4.69) is 13.0 Å². The summed E-state index contributed by atoms with van der Waals surface area (Å²) in [5.41, 5.74) is 3.84. The zero-order valence-corrected chi connectivity index (χ0v) is 14.8. The molecule has 2 rings (SSSR count). The predicted molar refractivity (Wildman–Crippen MR) is 100 cm³/mol. The molecule has 0 N–H and O–H groups in total. The summed E-state index contributed by atoms with van der Waals surface area (Å²) < 4.78 is 5.88. The van der Waals surface area contributed by atoms with Crippen LogP contribution < -0.4 is 4.74 Å². The fraction of sp³-hybridized carbons (Fsp3) is 0.409. The Hall–Kier alpha value is -2.27. The third kappa shape index (κ3) is 5.13. The first-order valence-electron chi connectivity index (χ1n) is 8.99. The lowest BCUT2D eigenvalue weighted by molar-refractivity contribution is 0.304. The highest BCUT2D eigenvalue weighted by atomic mass is 16.5. The van der Waals surface area contributed by atoms with E-state index in [1.54, 1.807) is 0 Å². The molecule has 126 valence electrons. The molecule has 0 atom stereocenters. The Morgan fingerprint density at radius 3 is 2.38 bits per heavy atom. The lowest BCUT2D eigenvalue weighted by atomic mass is 9.95. The quantitative estimate of drug-likeness (QED) is 0.510. The second-order valence-electron chi connectivity index (χ2n) is 6.26. The third-order valence-electron chi connectivity index (χ3n) is 4.26. The topological polar surface area (TPSA) is 33.0 Å². The molecule has 0 spiro atoms. The monoisotopic (exact) mass is 321 g/mol. The lowest BCUT2D eigenvalue weighted by Crippen LogP contribution is -1.99. The van der Waals surface area contributed by atoms with Gasteiger partial charge in [0.1, 0.15) is 5.75 Å². The van der Waals surface area contributed by atoms with Gasteiger partial charge in [0.05, 0.1) is 18.2 Å². The molecule has 0 unspecified atom stereocenters. The minimum Gasteiger partial charge on any atom is -0.494 e. The first-order valence-corrected chi connectivity index (χ1v) is 8.99. The Bertz CT molecular complexity index is 670. The summed E-state index contributed by atoms with van der Waals surface area (Å²) in [4.78, 5) is 0. The van der Waals surface area contributed by atoms with Gasteiger partial charge in [-0.25, -0.2) is 0 Å². The van der Waals surface area contributed by atoms with Gasteiger partial charge in [-0.05, 0) is 36.6 Å². The summed E-state index contributed by atoms with van der Waals surface area (Å²) in [7, 11) is 0. The Morgan fingerprint density at radius 1 is 0.958 bits per heavy atom. The van der Waals surface area contributed by atoms with Gasteiger partial charge in [-0.2, -0.15) is 5.26 Å². The minimum atomic E-state index is 0.680. The molecule has 2 aromatic carbocycles. The van der Waals surface area contributed by atoms with Crippen molar-refractivity contribution in [1.29, 1.82) is 5.26 Å². The molecule has 2 aromatic rings. The van der Waals surface area contributed by atoms with Crippen LogP contribution in [0.5, 0.6) is 5.75 Å². The van der Waals surface area contributed by atoms with E-state index in [1.165, 1.54) is 32.1 Å². The van der Waals surface area contributed by atoms with E-state index in [-0.39, 0.29) is 0 Å². The van der Waals surface area contributed by atoms with Crippen LogP contribution in [0, 0.1) is 18.3 Å². The number of unbranched alkanes of at least 4 members (excludes halogenated alkanes) is 5. The number of hydrogen-bond acceptors (Lipinski definition) is 2. The zero-order valence-electron chi connectivity index (χ0n) is 14.8. The van der Waals surface area contributed by atoms with Gasteiger partial charge in [0, 0.05) is 5.56 Å². The Labute approximate surface area is 146 Å². The molecule has 2 heteroatoms. The summed E-state index contributed by atoms with van der Waals surface area (Å²) in [6.07, 6.45) is 7.50. The van der Waals surface area contributed by atoms with Gasteiger partial charge >= 0.3 is 0 Å². The van der Waals surface area contributed by atoms with Crippen molar-refractivity contribution in [3.8, 4) is 22.9 Å². The van der Waals surface area contributed by atoms with E-state index in [4.69, 9.17) is 4.74 Å². The number of rotatable bonds is 9. The number of benzene rings is 2. The molecule has 0 bridgehead atoms. The number of hydrogen-bond donors (Lipinski definition) is 0. The molecular formula is C22H27NO. The largest absolute Gasteiger partial charge is 0.494 e. The van der Waals surface area contributed by atoms with Crippen LogP contribution >= 0.6 is 0 Å². The summed E-state index contributed by atoms with van der Waals surface area (Å²) in [6, 6.07) is 16.3. The molecule has 24 heavy (non-hydrogen) atoms. The van der Waals surface area contributed by atoms with Gasteiger partial charge < -0.3 is 4.74 Å². The molecule has 0 aromatic heterocycles. The van der Waals surface area contributed by atoms with Gasteiger partial charge in [0.15, 0.2) is 0 Å². The fourth-order valence-electron chi connectivity index (χ4n) is 2.99. The molecule has 0 aliphatic carbocycles. The zero-order chi connectivity index (χ0) is 17.2. The van der Waals surface area contributed by atoms with Crippen molar-refractivity contribution in [2.75, 3.05) is 6.61 Å². The van der Waals surface area contributed by atoms with E-state index in [9.17, 15) is 5.26 Å². The molecule has 0 aliphatic rings. The maximum atomic E-state index is 9.52. The standard InChI is InChI=1S/C22H27NO/c1-3-4-5-6-7-11-14-24-21-15-18(2)22(20(16-21)17-23)19-12-9-8-10-13-19/h8-10,12-13,15-16H,3-7,11,14H2,1-2H3. The van der Waals surface area contributed by atoms with Crippen LogP contribution in [0.3, 0.4) is 0 Å². The molecular weight excluding hydrogens is 294 g/mol. The van der Waals surface area contributed by atoms with Crippen molar-refractivity contribution in [2.45, 2.75) is 52.4 Å². The van der Waals surface area contributed by atoms with Crippen LogP contribution in [0.25, 0.3) is 11.1 Å². The highest BCUT2D eigenvalue weighted by Gasteiger charge is 2.10. The molecule has 0 heterocycles. The summed E-state index contributed by atoms with van der Waals surface area (Å²) in [6.45, 7) is 5.00. The average molecular weight is 321 g/mol. The Balaban J connectivity index is 1.98. The molecule has 0 saturated carbocycles. The normalized spacial score (nSPS) is 10.4. The number of ether oxygens (including phenoxy) is 1. The van der Waals surface area contributed by atoms with Gasteiger partial charge in [0.25, 0.3) is 0 Å². The van der Waals surface area contributed by atoms with Gasteiger partial charge in [0.2, 0.25) is 0 Å². The van der Waals surface area contributed by atoms with Crippen molar-refractivity contribution >= 4 is 0 Å². The smallest absolute Gasteiger partial charge is 0.120 e. The number of aryl methyl sites for hydroxylation is 1. The van der Waals surface area contributed by atoms with E-state index in [0.717, 1.165) is 35.5 Å². The van der Waals surface area contributed by atoms with Crippen molar-refractivity contribution in [2.24, 2.45) is 0 Å². The highest BCUT2D eigenvalue weighted by Crippen LogP contribution is 2.31. The minimum absolute atomic E-state index is 0.680. The van der Waals surface area contributed by atoms with Crippen molar-refractivity contribution < 1.29 is 4.74 Å². The van der Waals surface area contributed by atoms with Crippen LogP contribution in [0.15, 0.2) is 42.5 Å². The van der Waals surface area contributed by atoms with Crippen molar-refractivity contribution in [3.63, 3.8) is 0 Å². The van der Waals surface area contributed by atoms with Gasteiger partial charge in [-0.15, -0.1) is 0 Å². The first kappa shape index (κ1) is 18.1. The van der Waals surface area contributed by atoms with E-state index in [0.29, 0.717) is 5.56 Å². The maximum absolute atomic E-state index is 9.52. The number of nitriles is 1. The molecule has 2 nitrogen and oxygen atoms in total. The Morgan fingerprint density at radius 2 is 1.67 bits per heavy atom. The lowest BCUT2D eigenvalue weighted by Gasteiger charge is -2.12. The van der Waals surface area contributed by atoms with Gasteiger partial charge in [-0.3, -0.25) is 0 Å². The van der Waals surface area contributed by atoms with E-state index in [1.807, 2.05) is 49.4 Å². The first-order chi connectivity index (χ1) is 11.8. The average Bonchev–Trinajstić information content (AvgIpc) is 2.61. The maximum Gasteiger partial charge on any atom is 0.120 e.